The van der Waals surface area contributed by atoms with Gasteiger partial charge in [0.25, 0.3) is 0 Å². The van der Waals surface area contributed by atoms with E-state index in [1.165, 1.54) is 11.3 Å². The summed E-state index contributed by atoms with van der Waals surface area (Å²) in [6.07, 6.45) is 0. The highest BCUT2D eigenvalue weighted by Gasteiger charge is 2.20. The van der Waals surface area contributed by atoms with E-state index < -0.39 is 10.0 Å². The van der Waals surface area contributed by atoms with Gasteiger partial charge >= 0.3 is 0 Å². The molecule has 0 saturated carbocycles. The lowest BCUT2D eigenvalue weighted by Crippen LogP contribution is -2.23. The number of aryl methyl sites for hydroxylation is 3. The number of thiophene rings is 1. The molecule has 19 heavy (non-hydrogen) atoms. The second kappa shape index (κ2) is 5.35. The van der Waals surface area contributed by atoms with Gasteiger partial charge in [-0.1, -0.05) is 5.16 Å². The van der Waals surface area contributed by atoms with Crippen LogP contribution in [0.25, 0.3) is 0 Å². The molecule has 8 heteroatoms. The highest BCUT2D eigenvalue weighted by molar-refractivity contribution is 9.11. The molecule has 0 aromatic carbocycles. The predicted octanol–water partition coefficient (Wildman–Crippen LogP) is 2.90. The van der Waals surface area contributed by atoms with Crippen molar-refractivity contribution in [3.05, 3.63) is 31.7 Å². The molecule has 0 aliphatic rings. The Labute approximate surface area is 124 Å². The topological polar surface area (TPSA) is 72.2 Å². The standard InChI is InChI=1S/C11H13BrN2O3S2/c1-6-9(7(2)17-14-6)5-13-19(15,16)10-4-11(12)18-8(10)3/h4,13H,5H2,1-3H3. The van der Waals surface area contributed by atoms with Crippen molar-refractivity contribution in [3.8, 4) is 0 Å². The molecule has 0 bridgehead atoms. The zero-order chi connectivity index (χ0) is 14.2. The molecule has 0 spiro atoms. The molecule has 0 radical (unpaired) electrons. The molecule has 0 atom stereocenters. The van der Waals surface area contributed by atoms with Gasteiger partial charge in [-0.05, 0) is 42.8 Å². The molecule has 2 aromatic heterocycles. The van der Waals surface area contributed by atoms with Gasteiger partial charge in [0.2, 0.25) is 10.0 Å². The molecule has 0 aliphatic carbocycles. The third-order valence-electron chi connectivity index (χ3n) is 2.75. The fraction of sp³-hybridized carbons (Fsp3) is 0.364. The van der Waals surface area contributed by atoms with Gasteiger partial charge < -0.3 is 4.52 Å². The Hall–Kier alpha value is -0.700. The molecule has 0 aliphatic heterocycles. The van der Waals surface area contributed by atoms with Crippen molar-refractivity contribution in [2.24, 2.45) is 0 Å². The first-order valence-corrected chi connectivity index (χ1v) is 8.58. The SMILES string of the molecule is Cc1noc(C)c1CNS(=O)(=O)c1cc(Br)sc1C. The van der Waals surface area contributed by atoms with Gasteiger partial charge in [0.15, 0.2) is 0 Å². The van der Waals surface area contributed by atoms with Crippen LogP contribution in [0.4, 0.5) is 0 Å². The number of hydrogen-bond acceptors (Lipinski definition) is 5. The zero-order valence-electron chi connectivity index (χ0n) is 10.7. The Morgan fingerprint density at radius 1 is 1.42 bits per heavy atom. The highest BCUT2D eigenvalue weighted by Crippen LogP contribution is 2.29. The first-order valence-electron chi connectivity index (χ1n) is 5.48. The summed E-state index contributed by atoms with van der Waals surface area (Å²) < 4.78 is 32.8. The van der Waals surface area contributed by atoms with E-state index in [-0.39, 0.29) is 6.54 Å². The molecular formula is C11H13BrN2O3S2. The maximum atomic E-state index is 12.2. The number of rotatable bonds is 4. The summed E-state index contributed by atoms with van der Waals surface area (Å²) in [6.45, 7) is 5.50. The number of hydrogen-bond donors (Lipinski definition) is 1. The van der Waals surface area contributed by atoms with E-state index in [2.05, 4.69) is 25.8 Å². The first kappa shape index (κ1) is 14.7. The maximum Gasteiger partial charge on any atom is 0.242 e. The van der Waals surface area contributed by atoms with Crippen LogP contribution in [0.5, 0.6) is 0 Å². The summed E-state index contributed by atoms with van der Waals surface area (Å²) in [5.74, 6) is 0.628. The molecular weight excluding hydrogens is 352 g/mol. The fourth-order valence-electron chi connectivity index (χ4n) is 1.70. The Balaban J connectivity index is 2.21. The summed E-state index contributed by atoms with van der Waals surface area (Å²) in [6, 6.07) is 1.61. The molecule has 5 nitrogen and oxygen atoms in total. The van der Waals surface area contributed by atoms with Crippen molar-refractivity contribution in [2.45, 2.75) is 32.2 Å². The average Bonchev–Trinajstić information content (AvgIpc) is 2.81. The first-order chi connectivity index (χ1) is 8.81. The zero-order valence-corrected chi connectivity index (χ0v) is 13.9. The van der Waals surface area contributed by atoms with Gasteiger partial charge in [-0.25, -0.2) is 13.1 Å². The van der Waals surface area contributed by atoms with Crippen molar-refractivity contribution >= 4 is 37.3 Å². The second-order valence-electron chi connectivity index (χ2n) is 4.10. The van der Waals surface area contributed by atoms with Crippen molar-refractivity contribution < 1.29 is 12.9 Å². The minimum absolute atomic E-state index is 0.177. The van der Waals surface area contributed by atoms with Crippen LogP contribution in [0.2, 0.25) is 0 Å². The molecule has 0 saturated heterocycles. The molecule has 0 unspecified atom stereocenters. The normalized spacial score (nSPS) is 12.0. The van der Waals surface area contributed by atoms with Gasteiger partial charge in [0.1, 0.15) is 5.76 Å². The summed E-state index contributed by atoms with van der Waals surface area (Å²) in [5.41, 5.74) is 1.47. The van der Waals surface area contributed by atoms with Crippen LogP contribution >= 0.6 is 27.3 Å². The Morgan fingerprint density at radius 3 is 2.58 bits per heavy atom. The molecule has 2 rings (SSSR count). The van der Waals surface area contributed by atoms with Crippen LogP contribution < -0.4 is 4.72 Å². The number of sulfonamides is 1. The summed E-state index contributed by atoms with van der Waals surface area (Å²) in [4.78, 5) is 1.05. The van der Waals surface area contributed by atoms with E-state index in [0.717, 1.165) is 14.2 Å². The van der Waals surface area contributed by atoms with Gasteiger partial charge in [-0.2, -0.15) is 0 Å². The summed E-state index contributed by atoms with van der Waals surface area (Å²) in [7, 11) is -3.52. The number of halogens is 1. The molecule has 0 fully saturated rings. The van der Waals surface area contributed by atoms with E-state index in [1.807, 2.05) is 0 Å². The maximum absolute atomic E-state index is 12.2. The van der Waals surface area contributed by atoms with E-state index in [0.29, 0.717) is 16.3 Å². The minimum atomic E-state index is -3.52. The fourth-order valence-corrected chi connectivity index (χ4v) is 5.10. The van der Waals surface area contributed by atoms with Crippen LogP contribution in [0.15, 0.2) is 19.3 Å². The lowest BCUT2D eigenvalue weighted by molar-refractivity contribution is 0.392. The average molecular weight is 365 g/mol. The Kier molecular flexibility index (Phi) is 4.14. The quantitative estimate of drug-likeness (QED) is 0.904. The lowest BCUT2D eigenvalue weighted by atomic mass is 10.2. The van der Waals surface area contributed by atoms with Gasteiger partial charge in [-0.3, -0.25) is 0 Å². The second-order valence-corrected chi connectivity index (χ2v) is 8.47. The van der Waals surface area contributed by atoms with Crippen LogP contribution in [-0.2, 0) is 16.6 Å². The van der Waals surface area contributed by atoms with E-state index >= 15 is 0 Å². The smallest absolute Gasteiger partial charge is 0.242 e. The summed E-state index contributed by atoms with van der Waals surface area (Å²) >= 11 is 4.68. The lowest BCUT2D eigenvalue weighted by Gasteiger charge is -2.05. The predicted molar refractivity (Wildman–Crippen MR) is 76.8 cm³/mol. The molecule has 104 valence electrons. The molecule has 1 N–H and O–H groups in total. The Bertz CT molecular complexity index is 684. The third-order valence-corrected chi connectivity index (χ3v) is 5.96. The number of aromatic nitrogens is 1. The molecule has 2 aromatic rings. The van der Waals surface area contributed by atoms with Crippen molar-refractivity contribution in [3.63, 3.8) is 0 Å². The van der Waals surface area contributed by atoms with Crippen molar-refractivity contribution in [2.75, 3.05) is 0 Å². The number of nitrogens with one attached hydrogen (secondary N) is 1. The van der Waals surface area contributed by atoms with Gasteiger partial charge in [-0.15, -0.1) is 11.3 Å². The van der Waals surface area contributed by atoms with Crippen molar-refractivity contribution in [1.82, 2.24) is 9.88 Å². The molecule has 2 heterocycles. The largest absolute Gasteiger partial charge is 0.361 e. The Morgan fingerprint density at radius 2 is 2.11 bits per heavy atom. The van der Waals surface area contributed by atoms with E-state index in [1.54, 1.807) is 26.8 Å². The van der Waals surface area contributed by atoms with Crippen LogP contribution in [0.1, 0.15) is 21.9 Å². The van der Waals surface area contributed by atoms with E-state index in [9.17, 15) is 8.42 Å². The highest BCUT2D eigenvalue weighted by atomic mass is 79.9. The van der Waals surface area contributed by atoms with Gasteiger partial charge in [0, 0.05) is 17.0 Å². The number of nitrogens with zero attached hydrogens (tertiary/aromatic N) is 1. The third kappa shape index (κ3) is 3.07. The molecule has 0 amide bonds. The van der Waals surface area contributed by atoms with Crippen LogP contribution in [0.3, 0.4) is 0 Å². The van der Waals surface area contributed by atoms with Crippen molar-refractivity contribution in [1.29, 1.82) is 0 Å². The monoisotopic (exact) mass is 364 g/mol. The van der Waals surface area contributed by atoms with Crippen LogP contribution in [0, 0.1) is 20.8 Å². The minimum Gasteiger partial charge on any atom is -0.361 e. The summed E-state index contributed by atoms with van der Waals surface area (Å²) in [5, 5.41) is 3.80. The van der Waals surface area contributed by atoms with Gasteiger partial charge in [0.05, 0.1) is 14.4 Å². The van der Waals surface area contributed by atoms with Crippen LogP contribution in [-0.4, -0.2) is 13.6 Å². The van der Waals surface area contributed by atoms with E-state index in [4.69, 9.17) is 4.52 Å².